The third kappa shape index (κ3) is 3.22. The van der Waals surface area contributed by atoms with Crippen molar-refractivity contribution in [1.29, 1.82) is 0 Å². The molecule has 0 unspecified atom stereocenters. The fourth-order valence-corrected chi connectivity index (χ4v) is 2.82. The van der Waals surface area contributed by atoms with Gasteiger partial charge in [-0.1, -0.05) is 0 Å². The Hall–Kier alpha value is -2.83. The number of hydrogen-bond acceptors (Lipinski definition) is 4. The van der Waals surface area contributed by atoms with Crippen LogP contribution in [0.3, 0.4) is 0 Å². The van der Waals surface area contributed by atoms with Crippen molar-refractivity contribution in [3.8, 4) is 5.75 Å². The van der Waals surface area contributed by atoms with Gasteiger partial charge in [-0.3, -0.25) is 14.3 Å². The van der Waals surface area contributed by atoms with Crippen LogP contribution in [-0.2, 0) is 23.1 Å². The summed E-state index contributed by atoms with van der Waals surface area (Å²) in [6.45, 7) is 7.24. The number of carbonyl (C=O) groups excluding carboxylic acids is 2. The van der Waals surface area contributed by atoms with Crippen molar-refractivity contribution in [2.24, 2.45) is 7.05 Å². The van der Waals surface area contributed by atoms with E-state index in [1.165, 1.54) is 0 Å². The Kier molecular flexibility index (Phi) is 4.02. The molecule has 2 N–H and O–H groups in total. The van der Waals surface area contributed by atoms with Gasteiger partial charge in [0.2, 0.25) is 5.91 Å². The Morgan fingerprint density at radius 2 is 2.08 bits per heavy atom. The van der Waals surface area contributed by atoms with Gasteiger partial charge < -0.3 is 15.4 Å². The fourth-order valence-electron chi connectivity index (χ4n) is 2.82. The topological polar surface area (TPSA) is 85.2 Å². The molecule has 25 heavy (non-hydrogen) atoms. The number of rotatable bonds is 3. The van der Waals surface area contributed by atoms with E-state index in [9.17, 15) is 9.59 Å². The molecule has 1 aliphatic rings. The predicted octanol–water partition coefficient (Wildman–Crippen LogP) is 2.33. The van der Waals surface area contributed by atoms with Crippen molar-refractivity contribution in [3.05, 3.63) is 35.2 Å². The number of anilines is 2. The van der Waals surface area contributed by atoms with E-state index in [1.54, 1.807) is 36.7 Å². The number of hydrogen-bond donors (Lipinski definition) is 2. The molecule has 3 rings (SSSR count). The third-order valence-electron chi connectivity index (χ3n) is 4.42. The van der Waals surface area contributed by atoms with Crippen LogP contribution in [0.5, 0.6) is 5.75 Å². The molecular weight excluding hydrogens is 320 g/mol. The van der Waals surface area contributed by atoms with E-state index in [0.29, 0.717) is 17.1 Å². The lowest BCUT2D eigenvalue weighted by Crippen LogP contribution is -2.45. The van der Waals surface area contributed by atoms with E-state index in [-0.39, 0.29) is 18.2 Å². The van der Waals surface area contributed by atoms with Gasteiger partial charge in [0.15, 0.2) is 5.60 Å². The molecule has 2 amide bonds. The molecule has 0 aliphatic carbocycles. The van der Waals surface area contributed by atoms with Gasteiger partial charge in [0, 0.05) is 30.1 Å². The number of carbonyl (C=O) groups is 2. The van der Waals surface area contributed by atoms with Crippen molar-refractivity contribution in [2.45, 2.75) is 39.7 Å². The second kappa shape index (κ2) is 5.91. The van der Waals surface area contributed by atoms with Gasteiger partial charge in [-0.05, 0) is 39.8 Å². The Balaban J connectivity index is 1.76. The van der Waals surface area contributed by atoms with Crippen LogP contribution in [-0.4, -0.2) is 27.2 Å². The maximum absolute atomic E-state index is 12.4. The number of fused-ring (bicyclic) bond motifs is 1. The monoisotopic (exact) mass is 342 g/mol. The highest BCUT2D eigenvalue weighted by atomic mass is 16.5. The summed E-state index contributed by atoms with van der Waals surface area (Å²) in [5.41, 5.74) is 3.04. The third-order valence-corrected chi connectivity index (χ3v) is 4.42. The molecule has 0 saturated heterocycles. The minimum absolute atomic E-state index is 0.127. The van der Waals surface area contributed by atoms with Crippen LogP contribution in [0.15, 0.2) is 18.2 Å². The molecule has 1 aromatic heterocycles. The standard InChI is InChI=1S/C18H22N4O3/c1-10-13(11(2)22(5)21-10)9-16(23)19-12-6-7-14-15(8-12)25-18(3,4)17(24)20-14/h6-8H,9H2,1-5H3,(H,19,23)(H,20,24). The highest BCUT2D eigenvalue weighted by Crippen LogP contribution is 2.35. The predicted molar refractivity (Wildman–Crippen MR) is 94.8 cm³/mol. The fraction of sp³-hybridized carbons (Fsp3) is 0.389. The number of ether oxygens (including phenoxy) is 1. The molecular formula is C18H22N4O3. The smallest absolute Gasteiger partial charge is 0.268 e. The first-order valence-electron chi connectivity index (χ1n) is 8.11. The molecule has 2 heterocycles. The maximum Gasteiger partial charge on any atom is 0.268 e. The lowest BCUT2D eigenvalue weighted by atomic mass is 10.1. The molecule has 7 nitrogen and oxygen atoms in total. The van der Waals surface area contributed by atoms with Crippen LogP contribution < -0.4 is 15.4 Å². The Labute approximate surface area is 146 Å². The first kappa shape index (κ1) is 17.0. The van der Waals surface area contributed by atoms with Gasteiger partial charge in [-0.2, -0.15) is 5.10 Å². The van der Waals surface area contributed by atoms with Gasteiger partial charge in [-0.25, -0.2) is 0 Å². The second-order valence-corrected chi connectivity index (χ2v) is 6.78. The van der Waals surface area contributed by atoms with Crippen molar-refractivity contribution in [3.63, 3.8) is 0 Å². The Bertz CT molecular complexity index is 867. The van der Waals surface area contributed by atoms with Crippen LogP contribution in [0.2, 0.25) is 0 Å². The van der Waals surface area contributed by atoms with E-state index in [4.69, 9.17) is 4.74 Å². The van der Waals surface area contributed by atoms with E-state index in [1.807, 2.05) is 20.9 Å². The van der Waals surface area contributed by atoms with E-state index in [2.05, 4.69) is 15.7 Å². The highest BCUT2D eigenvalue weighted by Gasteiger charge is 2.35. The largest absolute Gasteiger partial charge is 0.476 e. The first-order valence-corrected chi connectivity index (χ1v) is 8.11. The maximum atomic E-state index is 12.4. The zero-order valence-electron chi connectivity index (χ0n) is 15.1. The SMILES string of the molecule is Cc1nn(C)c(C)c1CC(=O)Nc1ccc2c(c1)OC(C)(C)C(=O)N2. The summed E-state index contributed by atoms with van der Waals surface area (Å²) >= 11 is 0. The summed E-state index contributed by atoms with van der Waals surface area (Å²) in [5.74, 6) is 0.216. The molecule has 1 aromatic carbocycles. The number of amides is 2. The molecule has 2 aromatic rings. The van der Waals surface area contributed by atoms with Crippen LogP contribution in [0.4, 0.5) is 11.4 Å². The van der Waals surface area contributed by atoms with Crippen LogP contribution in [0.25, 0.3) is 0 Å². The minimum atomic E-state index is -0.945. The van der Waals surface area contributed by atoms with Crippen LogP contribution in [0.1, 0.15) is 30.8 Å². The van der Waals surface area contributed by atoms with Crippen LogP contribution in [0, 0.1) is 13.8 Å². The zero-order chi connectivity index (χ0) is 18.4. The van der Waals surface area contributed by atoms with Gasteiger partial charge in [0.1, 0.15) is 5.75 Å². The van der Waals surface area contributed by atoms with Crippen molar-refractivity contribution in [2.75, 3.05) is 10.6 Å². The number of nitrogens with one attached hydrogen (secondary N) is 2. The molecule has 0 bridgehead atoms. The Morgan fingerprint density at radius 1 is 1.36 bits per heavy atom. The molecule has 132 valence electrons. The lowest BCUT2D eigenvalue weighted by Gasteiger charge is -2.31. The summed E-state index contributed by atoms with van der Waals surface area (Å²) in [5, 5.41) is 10.0. The lowest BCUT2D eigenvalue weighted by molar-refractivity contribution is -0.129. The highest BCUT2D eigenvalue weighted by molar-refractivity contribution is 6.01. The summed E-state index contributed by atoms with van der Waals surface area (Å²) in [7, 11) is 1.86. The van der Waals surface area contributed by atoms with Gasteiger partial charge in [0.05, 0.1) is 17.8 Å². The van der Waals surface area contributed by atoms with Gasteiger partial charge in [-0.15, -0.1) is 0 Å². The molecule has 0 spiro atoms. The second-order valence-electron chi connectivity index (χ2n) is 6.78. The normalized spacial score (nSPS) is 15.2. The minimum Gasteiger partial charge on any atom is -0.476 e. The summed E-state index contributed by atoms with van der Waals surface area (Å²) < 4.78 is 7.51. The quantitative estimate of drug-likeness (QED) is 0.896. The number of nitrogens with zero attached hydrogens (tertiary/aromatic N) is 2. The summed E-state index contributed by atoms with van der Waals surface area (Å²) in [4.78, 5) is 24.3. The molecule has 0 fully saturated rings. The molecule has 1 aliphatic heterocycles. The number of benzene rings is 1. The van der Waals surface area contributed by atoms with E-state index in [0.717, 1.165) is 17.0 Å². The van der Waals surface area contributed by atoms with Gasteiger partial charge >= 0.3 is 0 Å². The van der Waals surface area contributed by atoms with E-state index < -0.39 is 5.60 Å². The van der Waals surface area contributed by atoms with Gasteiger partial charge in [0.25, 0.3) is 5.91 Å². The molecule has 0 radical (unpaired) electrons. The molecule has 0 saturated carbocycles. The number of aryl methyl sites for hydroxylation is 2. The Morgan fingerprint density at radius 3 is 2.72 bits per heavy atom. The molecule has 0 atom stereocenters. The first-order chi connectivity index (χ1) is 11.7. The average Bonchev–Trinajstić information content (AvgIpc) is 2.75. The summed E-state index contributed by atoms with van der Waals surface area (Å²) in [6.07, 6.45) is 0.256. The van der Waals surface area contributed by atoms with Crippen molar-refractivity contribution in [1.82, 2.24) is 9.78 Å². The average molecular weight is 342 g/mol. The molecule has 7 heteroatoms. The van der Waals surface area contributed by atoms with Crippen LogP contribution >= 0.6 is 0 Å². The van der Waals surface area contributed by atoms with E-state index >= 15 is 0 Å². The summed E-state index contributed by atoms with van der Waals surface area (Å²) in [6, 6.07) is 5.18. The zero-order valence-corrected chi connectivity index (χ0v) is 15.1. The van der Waals surface area contributed by atoms with Crippen molar-refractivity contribution < 1.29 is 14.3 Å². The number of aromatic nitrogens is 2. The van der Waals surface area contributed by atoms with Crippen molar-refractivity contribution >= 4 is 23.2 Å².